The van der Waals surface area contributed by atoms with Crippen molar-refractivity contribution in [1.29, 1.82) is 0 Å². The summed E-state index contributed by atoms with van der Waals surface area (Å²) in [4.78, 5) is 6.00. The van der Waals surface area contributed by atoms with Gasteiger partial charge in [-0.05, 0) is 71.8 Å². The molecule has 42 heavy (non-hydrogen) atoms. The summed E-state index contributed by atoms with van der Waals surface area (Å²) in [6.07, 6.45) is 19.2. The minimum atomic E-state index is 0.647. The molecule has 1 aromatic carbocycles. The van der Waals surface area contributed by atoms with Gasteiger partial charge in [0.05, 0.1) is 0 Å². The van der Waals surface area contributed by atoms with Crippen LogP contribution in [0, 0.1) is 0 Å². The van der Waals surface area contributed by atoms with Gasteiger partial charge in [0.15, 0.2) is 0 Å². The van der Waals surface area contributed by atoms with Gasteiger partial charge < -0.3 is 0 Å². The molecule has 0 amide bonds. The van der Waals surface area contributed by atoms with Gasteiger partial charge in [-0.2, -0.15) is 0 Å². The molecule has 0 saturated carbocycles. The topological polar surface area (TPSA) is 0 Å². The quantitative estimate of drug-likeness (QED) is 0.0841. The first-order chi connectivity index (χ1) is 20.6. The van der Waals surface area contributed by atoms with Crippen LogP contribution in [0.5, 0.6) is 0 Å². The summed E-state index contributed by atoms with van der Waals surface area (Å²) in [7, 11) is 0. The van der Waals surface area contributed by atoms with E-state index in [1.807, 2.05) is 45.3 Å². The average Bonchev–Trinajstić information content (AvgIpc) is 3.82. The highest BCUT2D eigenvalue weighted by Gasteiger charge is 2.22. The molecule has 0 N–H and O–H groups in total. The van der Waals surface area contributed by atoms with Crippen molar-refractivity contribution in [2.45, 2.75) is 129 Å². The van der Waals surface area contributed by atoms with Gasteiger partial charge in [-0.25, -0.2) is 0 Å². The smallest absolute Gasteiger partial charge is 0.0442 e. The van der Waals surface area contributed by atoms with Crippen molar-refractivity contribution in [1.82, 2.24) is 0 Å². The molecule has 0 saturated heterocycles. The first-order valence-electron chi connectivity index (χ1n) is 16.7. The van der Waals surface area contributed by atoms with Gasteiger partial charge in [0, 0.05) is 50.8 Å². The fourth-order valence-electron chi connectivity index (χ4n) is 6.38. The van der Waals surface area contributed by atoms with Crippen LogP contribution in [-0.2, 0) is 0 Å². The molecule has 0 aliphatic heterocycles. The van der Waals surface area contributed by atoms with Gasteiger partial charge in [-0.1, -0.05) is 105 Å². The summed E-state index contributed by atoms with van der Waals surface area (Å²) < 4.78 is 2.92. The molecule has 226 valence electrons. The van der Waals surface area contributed by atoms with Crippen molar-refractivity contribution >= 4 is 65.5 Å². The molecule has 0 aliphatic carbocycles. The van der Waals surface area contributed by atoms with Crippen LogP contribution >= 0.6 is 45.3 Å². The number of hydrogen-bond donors (Lipinski definition) is 0. The van der Waals surface area contributed by atoms with Gasteiger partial charge in [0.1, 0.15) is 0 Å². The normalized spacial score (nSPS) is 13.4. The lowest BCUT2D eigenvalue weighted by Crippen LogP contribution is -1.90. The molecular formula is C38H50S4. The number of hydrogen-bond acceptors (Lipinski definition) is 4. The zero-order chi connectivity index (χ0) is 29.3. The van der Waals surface area contributed by atoms with Gasteiger partial charge in [-0.15, -0.1) is 45.3 Å². The van der Waals surface area contributed by atoms with E-state index in [1.54, 1.807) is 9.75 Å². The predicted molar refractivity (Wildman–Crippen MR) is 197 cm³/mol. The van der Waals surface area contributed by atoms with Gasteiger partial charge in [0.25, 0.3) is 0 Å². The number of fused-ring (bicyclic) bond motifs is 2. The number of unbranched alkanes of at least 4 members (excludes halogenated alkanes) is 10. The number of benzene rings is 1. The van der Waals surface area contributed by atoms with Crippen LogP contribution in [0.3, 0.4) is 0 Å². The monoisotopic (exact) mass is 634 g/mol. The molecule has 2 atom stereocenters. The van der Waals surface area contributed by atoms with Crippen LogP contribution < -0.4 is 0 Å². The van der Waals surface area contributed by atoms with Crippen LogP contribution in [0.2, 0.25) is 0 Å². The molecule has 4 heterocycles. The Morgan fingerprint density at radius 1 is 0.500 bits per heavy atom. The molecule has 0 nitrogen and oxygen atoms in total. The van der Waals surface area contributed by atoms with E-state index >= 15 is 0 Å². The Kier molecular flexibility index (Phi) is 12.2. The second kappa shape index (κ2) is 16.0. The molecule has 0 radical (unpaired) electrons. The molecular weight excluding hydrogens is 585 g/mol. The van der Waals surface area contributed by atoms with E-state index in [1.165, 1.54) is 131 Å². The molecule has 2 unspecified atom stereocenters. The van der Waals surface area contributed by atoms with Crippen LogP contribution in [0.25, 0.3) is 41.1 Å². The molecule has 4 aromatic heterocycles. The average molecular weight is 635 g/mol. The highest BCUT2D eigenvalue weighted by Crippen LogP contribution is 2.51. The summed E-state index contributed by atoms with van der Waals surface area (Å²) >= 11 is 7.93. The first-order valence-corrected chi connectivity index (χ1v) is 20.1. The SMILES string of the molecule is CCCCCCCCC(C)c1ccc(-c2c3ccsc3c(-c3ccc(C(C)CCCCCCCC)s3)c3ccsc23)s1. The largest absolute Gasteiger partial charge is 0.143 e. The fraction of sp³-hybridized carbons (Fsp3) is 0.526. The van der Waals surface area contributed by atoms with E-state index in [0.717, 1.165) is 0 Å². The Morgan fingerprint density at radius 2 is 0.905 bits per heavy atom. The van der Waals surface area contributed by atoms with Gasteiger partial charge in [0.2, 0.25) is 0 Å². The maximum atomic E-state index is 2.44. The molecule has 4 heteroatoms. The summed E-state index contributed by atoms with van der Waals surface area (Å²) in [5, 5.41) is 7.51. The Bertz CT molecular complexity index is 1350. The maximum Gasteiger partial charge on any atom is 0.0442 e. The Balaban J connectivity index is 1.35. The second-order valence-corrected chi connectivity index (χ2v) is 16.5. The fourth-order valence-corrected chi connectivity index (χ4v) is 10.8. The van der Waals surface area contributed by atoms with Crippen LogP contribution in [0.15, 0.2) is 47.2 Å². The number of thiophene rings is 4. The Hall–Kier alpha value is -1.46. The van der Waals surface area contributed by atoms with E-state index in [2.05, 4.69) is 74.9 Å². The van der Waals surface area contributed by atoms with Crippen LogP contribution in [0.4, 0.5) is 0 Å². The van der Waals surface area contributed by atoms with E-state index in [4.69, 9.17) is 0 Å². The lowest BCUT2D eigenvalue weighted by atomic mass is 9.99. The minimum Gasteiger partial charge on any atom is -0.143 e. The lowest BCUT2D eigenvalue weighted by molar-refractivity contribution is 0.560. The summed E-state index contributed by atoms with van der Waals surface area (Å²) in [5.41, 5.74) is 2.94. The molecule has 0 spiro atoms. The Labute approximate surface area is 271 Å². The summed E-state index contributed by atoms with van der Waals surface area (Å²) in [6, 6.07) is 14.4. The van der Waals surface area contributed by atoms with Crippen molar-refractivity contribution < 1.29 is 0 Å². The predicted octanol–water partition coefficient (Wildman–Crippen LogP) is 15.3. The van der Waals surface area contributed by atoms with Gasteiger partial charge >= 0.3 is 0 Å². The Morgan fingerprint density at radius 3 is 1.33 bits per heavy atom. The first kappa shape index (κ1) is 31.9. The van der Waals surface area contributed by atoms with Gasteiger partial charge in [-0.3, -0.25) is 0 Å². The van der Waals surface area contributed by atoms with Crippen molar-refractivity contribution in [3.05, 3.63) is 56.9 Å². The third-order valence-corrected chi connectivity index (χ3v) is 13.6. The minimum absolute atomic E-state index is 0.647. The zero-order valence-corrected chi connectivity index (χ0v) is 29.6. The third-order valence-electron chi connectivity index (χ3n) is 9.02. The molecule has 0 aliphatic rings. The van der Waals surface area contributed by atoms with Crippen LogP contribution in [0.1, 0.15) is 139 Å². The zero-order valence-electron chi connectivity index (χ0n) is 26.3. The van der Waals surface area contributed by atoms with Crippen molar-refractivity contribution in [3.63, 3.8) is 0 Å². The molecule has 5 rings (SSSR count). The lowest BCUT2D eigenvalue weighted by Gasteiger charge is -2.11. The van der Waals surface area contributed by atoms with Crippen molar-refractivity contribution in [3.8, 4) is 20.9 Å². The van der Waals surface area contributed by atoms with E-state index in [0.29, 0.717) is 11.8 Å². The highest BCUT2D eigenvalue weighted by atomic mass is 32.1. The molecule has 0 bridgehead atoms. The molecule has 0 fully saturated rings. The molecule has 5 aromatic rings. The van der Waals surface area contributed by atoms with Crippen LogP contribution in [-0.4, -0.2) is 0 Å². The van der Waals surface area contributed by atoms with E-state index in [9.17, 15) is 0 Å². The van der Waals surface area contributed by atoms with E-state index in [-0.39, 0.29) is 0 Å². The third kappa shape index (κ3) is 7.60. The summed E-state index contributed by atoms with van der Waals surface area (Å²) in [6.45, 7) is 9.48. The standard InChI is InChI=1S/C38H50S4/c1-5-7-9-11-13-15-17-27(3)31-19-21-33(41-31)35-29-23-25-40-38(29)36(30-24-26-39-37(30)35)34-22-20-32(42-34)28(4)18-16-14-12-10-8-6-2/h19-28H,5-18H2,1-4H3. The van der Waals surface area contributed by atoms with Crippen molar-refractivity contribution in [2.75, 3.05) is 0 Å². The maximum absolute atomic E-state index is 2.44. The summed E-state index contributed by atoms with van der Waals surface area (Å²) in [5.74, 6) is 1.29. The highest BCUT2D eigenvalue weighted by molar-refractivity contribution is 7.22. The number of rotatable bonds is 18. The second-order valence-electron chi connectivity index (χ2n) is 12.4. The van der Waals surface area contributed by atoms with E-state index < -0.39 is 0 Å². The van der Waals surface area contributed by atoms with Crippen molar-refractivity contribution in [2.24, 2.45) is 0 Å².